The van der Waals surface area contributed by atoms with Gasteiger partial charge in [0.1, 0.15) is 12.1 Å². The molecule has 3 heterocycles. The highest BCUT2D eigenvalue weighted by atomic mass is 16.3. The summed E-state index contributed by atoms with van der Waals surface area (Å²) in [4.78, 5) is 11.1. The molecule has 0 amide bonds. The predicted octanol–water partition coefficient (Wildman–Crippen LogP) is 2.66. The molecule has 1 aliphatic heterocycles. The lowest BCUT2D eigenvalue weighted by atomic mass is 9.84. The summed E-state index contributed by atoms with van der Waals surface area (Å²) in [5, 5.41) is 16.0. The minimum atomic E-state index is -0.692. The Morgan fingerprint density at radius 2 is 1.88 bits per heavy atom. The van der Waals surface area contributed by atoms with E-state index in [2.05, 4.69) is 26.9 Å². The highest BCUT2D eigenvalue weighted by Crippen LogP contribution is 2.34. The molecule has 0 bridgehead atoms. The van der Waals surface area contributed by atoms with Crippen molar-refractivity contribution in [2.45, 2.75) is 26.4 Å². The first kappa shape index (κ1) is 16.0. The molecule has 6 nitrogen and oxygen atoms in total. The van der Waals surface area contributed by atoms with Gasteiger partial charge in [0.2, 0.25) is 0 Å². The Hall–Kier alpha value is -2.47. The lowest BCUT2D eigenvalue weighted by molar-refractivity contribution is 0.0105. The Morgan fingerprint density at radius 3 is 2.64 bits per heavy atom. The molecule has 1 saturated heterocycles. The van der Waals surface area contributed by atoms with Crippen molar-refractivity contribution < 1.29 is 5.11 Å². The summed E-state index contributed by atoms with van der Waals surface area (Å²) in [6, 6.07) is 10.0. The van der Waals surface area contributed by atoms with E-state index in [1.807, 2.05) is 55.1 Å². The standard InChI is InChI=1S/C19H23N5O/c1-13-10-23(11-15(13)19(2,3)25)17-8-18(21-12-20-17)24-16-7-5-4-6-14(16)9-22-24/h4-9,12-13,15,25H,10-11H2,1-3H3. The third-order valence-corrected chi connectivity index (χ3v) is 5.18. The molecule has 1 fully saturated rings. The van der Waals surface area contributed by atoms with Gasteiger partial charge in [0.15, 0.2) is 5.82 Å². The smallest absolute Gasteiger partial charge is 0.159 e. The van der Waals surface area contributed by atoms with Crippen molar-refractivity contribution >= 4 is 16.7 Å². The number of nitrogens with zero attached hydrogens (tertiary/aromatic N) is 5. The van der Waals surface area contributed by atoms with Crippen molar-refractivity contribution in [3.05, 3.63) is 42.9 Å². The maximum atomic E-state index is 10.4. The zero-order valence-corrected chi connectivity index (χ0v) is 14.8. The average Bonchev–Trinajstić information content (AvgIpc) is 3.18. The van der Waals surface area contributed by atoms with Crippen molar-refractivity contribution in [3.8, 4) is 5.82 Å². The van der Waals surface area contributed by atoms with E-state index < -0.39 is 5.60 Å². The van der Waals surface area contributed by atoms with Crippen LogP contribution in [0.3, 0.4) is 0 Å². The highest BCUT2D eigenvalue weighted by molar-refractivity contribution is 5.79. The molecule has 4 rings (SSSR count). The minimum absolute atomic E-state index is 0.219. The third-order valence-electron chi connectivity index (χ3n) is 5.18. The molecule has 2 atom stereocenters. The van der Waals surface area contributed by atoms with Gasteiger partial charge in [0, 0.05) is 30.5 Å². The summed E-state index contributed by atoms with van der Waals surface area (Å²) in [6.45, 7) is 7.63. The molecule has 130 valence electrons. The van der Waals surface area contributed by atoms with E-state index in [9.17, 15) is 5.11 Å². The van der Waals surface area contributed by atoms with Crippen LogP contribution in [0.4, 0.5) is 5.82 Å². The van der Waals surface area contributed by atoms with Crippen LogP contribution in [0.15, 0.2) is 42.9 Å². The number of benzene rings is 1. The Morgan fingerprint density at radius 1 is 1.12 bits per heavy atom. The molecule has 1 aliphatic rings. The van der Waals surface area contributed by atoms with Crippen LogP contribution in [0.5, 0.6) is 0 Å². The fourth-order valence-electron chi connectivity index (χ4n) is 3.85. The molecule has 0 saturated carbocycles. The minimum Gasteiger partial charge on any atom is -0.390 e. The largest absolute Gasteiger partial charge is 0.390 e. The normalized spacial score (nSPS) is 21.2. The molecule has 0 radical (unpaired) electrons. The Bertz CT molecular complexity index is 898. The van der Waals surface area contributed by atoms with Crippen LogP contribution in [0, 0.1) is 11.8 Å². The van der Waals surface area contributed by atoms with Crippen molar-refractivity contribution in [2.75, 3.05) is 18.0 Å². The van der Waals surface area contributed by atoms with E-state index in [0.29, 0.717) is 5.92 Å². The Balaban J connectivity index is 1.67. The summed E-state index contributed by atoms with van der Waals surface area (Å²) in [6.07, 6.45) is 3.43. The monoisotopic (exact) mass is 337 g/mol. The van der Waals surface area contributed by atoms with E-state index in [4.69, 9.17) is 0 Å². The second-order valence-electron chi connectivity index (χ2n) is 7.49. The van der Waals surface area contributed by atoms with E-state index in [1.54, 1.807) is 6.33 Å². The summed E-state index contributed by atoms with van der Waals surface area (Å²) >= 11 is 0. The first-order chi connectivity index (χ1) is 11.9. The number of para-hydroxylation sites is 1. The molecule has 2 aromatic heterocycles. The second kappa shape index (κ2) is 5.81. The van der Waals surface area contributed by atoms with E-state index in [0.717, 1.165) is 35.6 Å². The molecule has 1 N–H and O–H groups in total. The van der Waals surface area contributed by atoms with Crippen LogP contribution < -0.4 is 4.90 Å². The average molecular weight is 337 g/mol. The van der Waals surface area contributed by atoms with Crippen LogP contribution in [-0.2, 0) is 0 Å². The van der Waals surface area contributed by atoms with E-state index >= 15 is 0 Å². The number of rotatable bonds is 3. The van der Waals surface area contributed by atoms with Crippen LogP contribution in [0.1, 0.15) is 20.8 Å². The SMILES string of the molecule is CC1CN(c2cc(-n3ncc4ccccc43)ncn2)CC1C(C)(C)O. The second-order valence-corrected chi connectivity index (χ2v) is 7.49. The summed E-state index contributed by atoms with van der Waals surface area (Å²) in [7, 11) is 0. The van der Waals surface area contributed by atoms with Gasteiger partial charge >= 0.3 is 0 Å². The lowest BCUT2D eigenvalue weighted by Crippen LogP contribution is -2.35. The topological polar surface area (TPSA) is 67.1 Å². The van der Waals surface area contributed by atoms with Crippen molar-refractivity contribution in [2.24, 2.45) is 11.8 Å². The van der Waals surface area contributed by atoms with Crippen LogP contribution in [0.2, 0.25) is 0 Å². The predicted molar refractivity (Wildman–Crippen MR) is 97.8 cm³/mol. The summed E-state index contributed by atoms with van der Waals surface area (Å²) < 4.78 is 1.84. The molecular formula is C19H23N5O. The molecule has 0 spiro atoms. The molecule has 0 aliphatic carbocycles. The van der Waals surface area contributed by atoms with Crippen LogP contribution in [-0.4, -0.2) is 43.5 Å². The number of fused-ring (bicyclic) bond motifs is 1. The van der Waals surface area contributed by atoms with Gasteiger partial charge < -0.3 is 10.0 Å². The van der Waals surface area contributed by atoms with Gasteiger partial charge in [-0.15, -0.1) is 0 Å². The maximum absolute atomic E-state index is 10.4. The third kappa shape index (κ3) is 2.87. The molecule has 25 heavy (non-hydrogen) atoms. The first-order valence-corrected chi connectivity index (χ1v) is 8.66. The van der Waals surface area contributed by atoms with Gasteiger partial charge in [-0.25, -0.2) is 14.6 Å². The maximum Gasteiger partial charge on any atom is 0.159 e. The first-order valence-electron chi connectivity index (χ1n) is 8.66. The molecular weight excluding hydrogens is 314 g/mol. The number of aromatic nitrogens is 4. The number of anilines is 1. The fraction of sp³-hybridized carbons (Fsp3) is 0.421. The van der Waals surface area contributed by atoms with Crippen molar-refractivity contribution in [1.82, 2.24) is 19.7 Å². The fourth-order valence-corrected chi connectivity index (χ4v) is 3.85. The lowest BCUT2D eigenvalue weighted by Gasteiger charge is -2.28. The molecule has 6 heteroatoms. The van der Waals surface area contributed by atoms with Crippen molar-refractivity contribution in [3.63, 3.8) is 0 Å². The zero-order chi connectivity index (χ0) is 17.6. The van der Waals surface area contributed by atoms with Crippen molar-refractivity contribution in [1.29, 1.82) is 0 Å². The summed E-state index contributed by atoms with van der Waals surface area (Å²) in [5.41, 5.74) is 0.332. The van der Waals surface area contributed by atoms with Gasteiger partial charge in [-0.3, -0.25) is 0 Å². The quantitative estimate of drug-likeness (QED) is 0.796. The van der Waals surface area contributed by atoms with Gasteiger partial charge in [0.25, 0.3) is 0 Å². The van der Waals surface area contributed by atoms with Gasteiger partial charge in [-0.2, -0.15) is 5.10 Å². The van der Waals surface area contributed by atoms with Crippen LogP contribution in [0.25, 0.3) is 16.7 Å². The van der Waals surface area contributed by atoms with Gasteiger partial charge in [-0.1, -0.05) is 25.1 Å². The van der Waals surface area contributed by atoms with E-state index in [-0.39, 0.29) is 5.92 Å². The molecule has 2 unspecified atom stereocenters. The highest BCUT2D eigenvalue weighted by Gasteiger charge is 2.39. The Kier molecular flexibility index (Phi) is 3.72. The molecule has 3 aromatic rings. The number of hydrogen-bond donors (Lipinski definition) is 1. The zero-order valence-electron chi connectivity index (χ0n) is 14.8. The summed E-state index contributed by atoms with van der Waals surface area (Å²) in [5.74, 6) is 2.26. The molecule has 1 aromatic carbocycles. The van der Waals surface area contributed by atoms with Crippen LogP contribution >= 0.6 is 0 Å². The number of aliphatic hydroxyl groups is 1. The van der Waals surface area contributed by atoms with E-state index in [1.165, 1.54) is 0 Å². The Labute approximate surface area is 147 Å². The number of hydrogen-bond acceptors (Lipinski definition) is 5. The van der Waals surface area contributed by atoms with Gasteiger partial charge in [-0.05, 0) is 25.8 Å². The van der Waals surface area contributed by atoms with Gasteiger partial charge in [0.05, 0.1) is 17.3 Å².